The van der Waals surface area contributed by atoms with Crippen molar-refractivity contribution in [3.8, 4) is 28.4 Å². The van der Waals surface area contributed by atoms with Crippen LogP contribution in [0.15, 0.2) is 46.9 Å². The van der Waals surface area contributed by atoms with Crippen LogP contribution in [0.3, 0.4) is 0 Å². The van der Waals surface area contributed by atoms with Crippen molar-refractivity contribution in [2.45, 2.75) is 19.3 Å². The molecule has 1 aliphatic rings. The van der Waals surface area contributed by atoms with Crippen molar-refractivity contribution in [1.29, 1.82) is 0 Å². The van der Waals surface area contributed by atoms with Gasteiger partial charge in [0.1, 0.15) is 5.82 Å². The lowest BCUT2D eigenvalue weighted by Gasteiger charge is -2.10. The maximum atomic E-state index is 5.49. The van der Waals surface area contributed by atoms with E-state index < -0.39 is 0 Å². The average molecular weight is 428 g/mol. The Kier molecular flexibility index (Phi) is 5.07. The molecule has 0 atom stereocenters. The molecule has 5 nitrogen and oxygen atoms in total. The van der Waals surface area contributed by atoms with Gasteiger partial charge >= 0.3 is 0 Å². The summed E-state index contributed by atoms with van der Waals surface area (Å²) in [5.41, 5.74) is 4.28. The van der Waals surface area contributed by atoms with E-state index in [2.05, 4.69) is 27.3 Å². The molecule has 0 saturated carbocycles. The third kappa shape index (κ3) is 3.30. The molecule has 1 aromatic heterocycles. The molecule has 0 spiro atoms. The first-order valence-corrected chi connectivity index (χ1v) is 9.85. The number of fused-ring (bicyclic) bond motifs is 1. The van der Waals surface area contributed by atoms with Gasteiger partial charge in [0.05, 0.1) is 25.6 Å². The Balaban J connectivity index is 1.90. The van der Waals surface area contributed by atoms with Gasteiger partial charge in [-0.15, -0.1) is 0 Å². The van der Waals surface area contributed by atoms with Crippen LogP contribution in [0.1, 0.15) is 18.4 Å². The first kappa shape index (κ1) is 17.9. The summed E-state index contributed by atoms with van der Waals surface area (Å²) in [6, 6.07) is 14.1. The number of hydrogen-bond donors (Lipinski definition) is 1. The Morgan fingerprint density at radius 1 is 1.04 bits per heavy atom. The van der Waals surface area contributed by atoms with E-state index in [0.717, 1.165) is 58.8 Å². The average Bonchev–Trinajstić information content (AvgIpc) is 2.88. The highest BCUT2D eigenvalue weighted by Gasteiger charge is 2.23. The quantitative estimate of drug-likeness (QED) is 0.631. The molecular weight excluding hydrogens is 406 g/mol. The first-order valence-electron chi connectivity index (χ1n) is 9.06. The number of halogens is 1. The Morgan fingerprint density at radius 2 is 1.85 bits per heavy atom. The van der Waals surface area contributed by atoms with E-state index in [1.807, 2.05) is 41.1 Å². The summed E-state index contributed by atoms with van der Waals surface area (Å²) in [5, 5.41) is 8.58. The van der Waals surface area contributed by atoms with Crippen LogP contribution in [-0.4, -0.2) is 30.5 Å². The topological polar surface area (TPSA) is 48.3 Å². The fourth-order valence-corrected chi connectivity index (χ4v) is 3.97. The number of methoxy groups -OCH3 is 2. The Labute approximate surface area is 167 Å². The zero-order valence-electron chi connectivity index (χ0n) is 15.5. The Bertz CT molecular complexity index is 968. The summed E-state index contributed by atoms with van der Waals surface area (Å²) in [4.78, 5) is 0. The Morgan fingerprint density at radius 3 is 2.63 bits per heavy atom. The number of hydrogen-bond acceptors (Lipinski definition) is 4. The van der Waals surface area contributed by atoms with E-state index in [4.69, 9.17) is 14.6 Å². The van der Waals surface area contributed by atoms with Crippen LogP contribution in [-0.2, 0) is 6.42 Å². The van der Waals surface area contributed by atoms with Gasteiger partial charge < -0.3 is 14.8 Å². The highest BCUT2D eigenvalue weighted by Crippen LogP contribution is 2.38. The lowest BCUT2D eigenvalue weighted by Crippen LogP contribution is -2.07. The number of benzene rings is 2. The van der Waals surface area contributed by atoms with Gasteiger partial charge in [0.15, 0.2) is 11.5 Å². The van der Waals surface area contributed by atoms with Gasteiger partial charge in [-0.1, -0.05) is 12.1 Å². The number of nitrogens with zero attached hydrogens (tertiary/aromatic N) is 2. The van der Waals surface area contributed by atoms with Crippen molar-refractivity contribution in [3.05, 3.63) is 52.5 Å². The van der Waals surface area contributed by atoms with Crippen molar-refractivity contribution in [1.82, 2.24) is 9.78 Å². The standard InChI is InChI=1S/C21H22BrN3O2/c1-26-18-11-10-14(13-19(18)27-2)20-15-7-5-6-12-23-21(15)25(24-20)17-9-4-3-8-16(17)22/h3-4,8-11,13,23H,5-7,12H2,1-2H3. The molecule has 0 aliphatic carbocycles. The highest BCUT2D eigenvalue weighted by molar-refractivity contribution is 9.10. The van der Waals surface area contributed by atoms with E-state index in [-0.39, 0.29) is 0 Å². The zero-order chi connectivity index (χ0) is 18.8. The molecule has 3 aromatic rings. The van der Waals surface area contributed by atoms with Crippen LogP contribution in [0.25, 0.3) is 16.9 Å². The van der Waals surface area contributed by atoms with E-state index in [0.29, 0.717) is 5.75 Å². The molecule has 0 radical (unpaired) electrons. The Hall–Kier alpha value is -2.47. The number of aromatic nitrogens is 2. The van der Waals surface area contributed by atoms with Gasteiger partial charge in [-0.25, -0.2) is 4.68 Å². The summed E-state index contributed by atoms with van der Waals surface area (Å²) < 4.78 is 13.9. The van der Waals surface area contributed by atoms with E-state index in [1.165, 1.54) is 5.56 Å². The third-order valence-electron chi connectivity index (χ3n) is 4.87. The number of para-hydroxylation sites is 1. The van der Waals surface area contributed by atoms with Crippen molar-refractivity contribution in [2.75, 3.05) is 26.1 Å². The predicted octanol–water partition coefficient (Wildman–Crippen LogP) is 5.07. The summed E-state index contributed by atoms with van der Waals surface area (Å²) in [5.74, 6) is 2.50. The minimum Gasteiger partial charge on any atom is -0.493 e. The molecule has 4 rings (SSSR count). The van der Waals surface area contributed by atoms with Gasteiger partial charge in [0.25, 0.3) is 0 Å². The molecular formula is C21H22BrN3O2. The molecule has 2 aromatic carbocycles. The second kappa shape index (κ2) is 7.64. The molecule has 140 valence electrons. The van der Waals surface area contributed by atoms with Gasteiger partial charge in [-0.2, -0.15) is 5.10 Å². The smallest absolute Gasteiger partial charge is 0.161 e. The minimum atomic E-state index is 0.709. The molecule has 1 N–H and O–H groups in total. The molecule has 0 unspecified atom stereocenters. The van der Waals surface area contributed by atoms with Crippen molar-refractivity contribution in [2.24, 2.45) is 0 Å². The van der Waals surface area contributed by atoms with Crippen LogP contribution < -0.4 is 14.8 Å². The molecule has 6 heteroatoms. The summed E-state index contributed by atoms with van der Waals surface area (Å²) in [7, 11) is 3.30. The fourth-order valence-electron chi connectivity index (χ4n) is 3.52. The van der Waals surface area contributed by atoms with Gasteiger partial charge in [-0.05, 0) is 65.5 Å². The van der Waals surface area contributed by atoms with Gasteiger partial charge in [-0.3, -0.25) is 0 Å². The second-order valence-electron chi connectivity index (χ2n) is 6.49. The van der Waals surface area contributed by atoms with E-state index in [9.17, 15) is 0 Å². The fraction of sp³-hybridized carbons (Fsp3) is 0.286. The molecule has 2 heterocycles. The monoisotopic (exact) mass is 427 g/mol. The molecule has 0 amide bonds. The van der Waals surface area contributed by atoms with Gasteiger partial charge in [0, 0.05) is 22.1 Å². The summed E-state index contributed by atoms with van der Waals surface area (Å²) in [6.07, 6.45) is 3.29. The minimum absolute atomic E-state index is 0.709. The molecule has 27 heavy (non-hydrogen) atoms. The first-order chi connectivity index (χ1) is 13.2. The predicted molar refractivity (Wildman–Crippen MR) is 111 cm³/mol. The van der Waals surface area contributed by atoms with Crippen LogP contribution in [0.4, 0.5) is 5.82 Å². The van der Waals surface area contributed by atoms with Crippen LogP contribution in [0, 0.1) is 0 Å². The molecule has 1 aliphatic heterocycles. The SMILES string of the molecule is COc1ccc(-c2nn(-c3ccccc3Br)c3c2CCCCN3)cc1OC. The summed E-state index contributed by atoms with van der Waals surface area (Å²) in [6.45, 7) is 0.953. The largest absolute Gasteiger partial charge is 0.493 e. The van der Waals surface area contributed by atoms with Gasteiger partial charge in [0.2, 0.25) is 0 Å². The molecule has 0 bridgehead atoms. The van der Waals surface area contributed by atoms with Crippen LogP contribution in [0.5, 0.6) is 11.5 Å². The summed E-state index contributed by atoms with van der Waals surface area (Å²) >= 11 is 3.66. The second-order valence-corrected chi connectivity index (χ2v) is 7.35. The maximum Gasteiger partial charge on any atom is 0.161 e. The number of rotatable bonds is 4. The number of anilines is 1. The van der Waals surface area contributed by atoms with Crippen molar-refractivity contribution < 1.29 is 9.47 Å². The van der Waals surface area contributed by atoms with E-state index >= 15 is 0 Å². The third-order valence-corrected chi connectivity index (χ3v) is 5.54. The van der Waals surface area contributed by atoms with E-state index in [1.54, 1.807) is 14.2 Å². The van der Waals surface area contributed by atoms with Crippen LogP contribution in [0.2, 0.25) is 0 Å². The number of ether oxygens (including phenoxy) is 2. The lowest BCUT2D eigenvalue weighted by molar-refractivity contribution is 0.355. The number of nitrogens with one attached hydrogen (secondary N) is 1. The highest BCUT2D eigenvalue weighted by atomic mass is 79.9. The normalized spacial score (nSPS) is 13.4. The molecule has 0 fully saturated rings. The molecule has 0 saturated heterocycles. The van der Waals surface area contributed by atoms with Crippen molar-refractivity contribution >= 4 is 21.7 Å². The lowest BCUT2D eigenvalue weighted by atomic mass is 10.0. The maximum absolute atomic E-state index is 5.49. The zero-order valence-corrected chi connectivity index (χ0v) is 17.0. The van der Waals surface area contributed by atoms with Crippen molar-refractivity contribution in [3.63, 3.8) is 0 Å². The van der Waals surface area contributed by atoms with Crippen LogP contribution >= 0.6 is 15.9 Å².